The Balaban J connectivity index is 1.76. The standard InChI is InChI=1S/C14H25ClN2O/c15-8-2-1-7-14(18)17-11-5-6-13(12-17)16-9-3-4-10-16/h13H,1-12H2. The molecule has 18 heavy (non-hydrogen) atoms. The van der Waals surface area contributed by atoms with Gasteiger partial charge in [-0.3, -0.25) is 9.69 Å². The summed E-state index contributed by atoms with van der Waals surface area (Å²) >= 11 is 5.65. The van der Waals surface area contributed by atoms with E-state index in [1.54, 1.807) is 0 Å². The average Bonchev–Trinajstić information content (AvgIpc) is 2.93. The Morgan fingerprint density at radius 1 is 1.11 bits per heavy atom. The molecule has 0 N–H and O–H groups in total. The minimum atomic E-state index is 0.337. The maximum Gasteiger partial charge on any atom is 0.222 e. The zero-order valence-electron chi connectivity index (χ0n) is 11.2. The smallest absolute Gasteiger partial charge is 0.222 e. The fraction of sp³-hybridized carbons (Fsp3) is 0.929. The Morgan fingerprint density at radius 3 is 2.61 bits per heavy atom. The highest BCUT2D eigenvalue weighted by atomic mass is 35.5. The minimum Gasteiger partial charge on any atom is -0.341 e. The Morgan fingerprint density at radius 2 is 1.89 bits per heavy atom. The van der Waals surface area contributed by atoms with E-state index in [-0.39, 0.29) is 0 Å². The van der Waals surface area contributed by atoms with Gasteiger partial charge in [-0.1, -0.05) is 0 Å². The van der Waals surface area contributed by atoms with Gasteiger partial charge in [0.05, 0.1) is 0 Å². The zero-order valence-corrected chi connectivity index (χ0v) is 12.0. The number of amides is 1. The molecule has 0 radical (unpaired) electrons. The van der Waals surface area contributed by atoms with Gasteiger partial charge in [-0.15, -0.1) is 11.6 Å². The van der Waals surface area contributed by atoms with Crippen molar-refractivity contribution in [3.8, 4) is 0 Å². The van der Waals surface area contributed by atoms with Crippen molar-refractivity contribution in [2.24, 2.45) is 0 Å². The van der Waals surface area contributed by atoms with E-state index in [0.717, 1.165) is 25.9 Å². The monoisotopic (exact) mass is 272 g/mol. The Labute approximate surface area is 115 Å². The molecule has 0 bridgehead atoms. The van der Waals surface area contributed by atoms with Crippen LogP contribution < -0.4 is 0 Å². The van der Waals surface area contributed by atoms with Gasteiger partial charge in [-0.25, -0.2) is 0 Å². The fourth-order valence-electron chi connectivity index (χ4n) is 3.11. The van der Waals surface area contributed by atoms with Crippen LogP contribution in [0.4, 0.5) is 0 Å². The van der Waals surface area contributed by atoms with E-state index >= 15 is 0 Å². The Hall–Kier alpha value is -0.280. The fourth-order valence-corrected chi connectivity index (χ4v) is 3.30. The lowest BCUT2D eigenvalue weighted by Crippen LogP contribution is -2.48. The van der Waals surface area contributed by atoms with Crippen LogP contribution in [0.15, 0.2) is 0 Å². The van der Waals surface area contributed by atoms with Crippen molar-refractivity contribution in [2.75, 3.05) is 32.1 Å². The van der Waals surface area contributed by atoms with Crippen molar-refractivity contribution in [3.63, 3.8) is 0 Å². The van der Waals surface area contributed by atoms with Gasteiger partial charge in [0.25, 0.3) is 0 Å². The van der Waals surface area contributed by atoms with E-state index in [0.29, 0.717) is 24.2 Å². The SMILES string of the molecule is O=C(CCCCCl)N1CCCC(N2CCCC2)C1. The molecule has 0 aromatic rings. The number of unbranched alkanes of at least 4 members (excludes halogenated alkanes) is 1. The van der Waals surface area contributed by atoms with E-state index in [1.807, 2.05) is 0 Å². The number of carbonyl (C=O) groups excluding carboxylic acids is 1. The number of alkyl halides is 1. The number of halogens is 1. The van der Waals surface area contributed by atoms with Gasteiger partial charge in [-0.2, -0.15) is 0 Å². The molecule has 0 aliphatic carbocycles. The van der Waals surface area contributed by atoms with Gasteiger partial charge in [0, 0.05) is 31.4 Å². The highest BCUT2D eigenvalue weighted by Crippen LogP contribution is 2.21. The number of hydrogen-bond acceptors (Lipinski definition) is 2. The van der Waals surface area contributed by atoms with E-state index in [4.69, 9.17) is 11.6 Å². The van der Waals surface area contributed by atoms with Crippen LogP contribution in [0.25, 0.3) is 0 Å². The summed E-state index contributed by atoms with van der Waals surface area (Å²) in [7, 11) is 0. The summed E-state index contributed by atoms with van der Waals surface area (Å²) in [5, 5.41) is 0. The van der Waals surface area contributed by atoms with E-state index in [1.165, 1.54) is 38.8 Å². The summed E-state index contributed by atoms with van der Waals surface area (Å²) in [5.41, 5.74) is 0. The predicted molar refractivity (Wildman–Crippen MR) is 75.0 cm³/mol. The summed E-state index contributed by atoms with van der Waals surface area (Å²) in [4.78, 5) is 16.8. The van der Waals surface area contributed by atoms with Gasteiger partial charge in [0.15, 0.2) is 0 Å². The largest absolute Gasteiger partial charge is 0.341 e. The maximum absolute atomic E-state index is 12.1. The molecule has 0 aromatic carbocycles. The zero-order chi connectivity index (χ0) is 12.8. The molecule has 2 fully saturated rings. The van der Waals surface area contributed by atoms with Crippen LogP contribution in [0.3, 0.4) is 0 Å². The predicted octanol–water partition coefficient (Wildman–Crippen LogP) is 2.48. The minimum absolute atomic E-state index is 0.337. The molecule has 2 rings (SSSR count). The molecule has 2 heterocycles. The topological polar surface area (TPSA) is 23.6 Å². The molecular weight excluding hydrogens is 248 g/mol. The van der Waals surface area contributed by atoms with Crippen molar-refractivity contribution < 1.29 is 4.79 Å². The first-order valence-electron chi connectivity index (χ1n) is 7.39. The van der Waals surface area contributed by atoms with Crippen LogP contribution in [0.2, 0.25) is 0 Å². The molecule has 1 amide bonds. The molecule has 1 atom stereocenters. The van der Waals surface area contributed by atoms with Gasteiger partial charge in [0.2, 0.25) is 5.91 Å². The third kappa shape index (κ3) is 3.86. The normalized spacial score (nSPS) is 25.6. The lowest BCUT2D eigenvalue weighted by molar-refractivity contribution is -0.133. The molecule has 3 nitrogen and oxygen atoms in total. The molecule has 2 aliphatic heterocycles. The van der Waals surface area contributed by atoms with Crippen molar-refractivity contribution in [1.82, 2.24) is 9.80 Å². The first-order valence-corrected chi connectivity index (χ1v) is 7.92. The van der Waals surface area contributed by atoms with E-state index in [2.05, 4.69) is 9.80 Å². The van der Waals surface area contributed by atoms with E-state index in [9.17, 15) is 4.79 Å². The quantitative estimate of drug-likeness (QED) is 0.567. The first kappa shape index (κ1) is 14.1. The van der Waals surface area contributed by atoms with Crippen LogP contribution in [-0.2, 0) is 4.79 Å². The second-order valence-corrected chi connectivity index (χ2v) is 5.90. The maximum atomic E-state index is 12.1. The number of piperidine rings is 1. The van der Waals surface area contributed by atoms with Crippen molar-refractivity contribution in [2.45, 2.75) is 51.0 Å². The van der Waals surface area contributed by atoms with Gasteiger partial charge in [0.1, 0.15) is 0 Å². The highest BCUT2D eigenvalue weighted by Gasteiger charge is 2.28. The summed E-state index contributed by atoms with van der Waals surface area (Å²) in [5.74, 6) is 1.01. The van der Waals surface area contributed by atoms with Gasteiger partial charge >= 0.3 is 0 Å². The summed E-state index contributed by atoms with van der Waals surface area (Å²) < 4.78 is 0. The molecule has 2 saturated heterocycles. The number of hydrogen-bond donors (Lipinski definition) is 0. The first-order chi connectivity index (χ1) is 8.81. The van der Waals surface area contributed by atoms with Crippen molar-refractivity contribution >= 4 is 17.5 Å². The molecular formula is C14H25ClN2O. The highest BCUT2D eigenvalue weighted by molar-refractivity contribution is 6.17. The molecule has 0 aromatic heterocycles. The third-order valence-electron chi connectivity index (χ3n) is 4.18. The number of carbonyl (C=O) groups is 1. The molecule has 104 valence electrons. The van der Waals surface area contributed by atoms with Crippen molar-refractivity contribution in [3.05, 3.63) is 0 Å². The molecule has 0 saturated carbocycles. The van der Waals surface area contributed by atoms with Crippen LogP contribution in [-0.4, -0.2) is 53.8 Å². The van der Waals surface area contributed by atoms with E-state index < -0.39 is 0 Å². The lowest BCUT2D eigenvalue weighted by Gasteiger charge is -2.37. The third-order valence-corrected chi connectivity index (χ3v) is 4.45. The van der Waals surface area contributed by atoms with Crippen LogP contribution in [0.1, 0.15) is 44.9 Å². The molecule has 4 heteroatoms. The van der Waals surface area contributed by atoms with Crippen LogP contribution >= 0.6 is 11.6 Å². The molecule has 1 unspecified atom stereocenters. The second-order valence-electron chi connectivity index (χ2n) is 5.52. The van der Waals surface area contributed by atoms with Crippen molar-refractivity contribution in [1.29, 1.82) is 0 Å². The summed E-state index contributed by atoms with van der Waals surface area (Å²) in [6.07, 6.45) is 7.68. The van der Waals surface area contributed by atoms with Gasteiger partial charge < -0.3 is 4.90 Å². The number of rotatable bonds is 5. The van der Waals surface area contributed by atoms with Crippen LogP contribution in [0.5, 0.6) is 0 Å². The summed E-state index contributed by atoms with van der Waals surface area (Å²) in [6.45, 7) is 4.39. The Kier molecular flexibility index (Phi) is 5.77. The average molecular weight is 273 g/mol. The van der Waals surface area contributed by atoms with Gasteiger partial charge in [-0.05, 0) is 51.6 Å². The second kappa shape index (κ2) is 7.34. The lowest BCUT2D eigenvalue weighted by atomic mass is 10.0. The van der Waals surface area contributed by atoms with Crippen LogP contribution in [0, 0.1) is 0 Å². The molecule has 2 aliphatic rings. The summed E-state index contributed by atoms with van der Waals surface area (Å²) in [6, 6.07) is 0.623. The number of likely N-dealkylation sites (tertiary alicyclic amines) is 2. The number of nitrogens with zero attached hydrogens (tertiary/aromatic N) is 2. The Bertz CT molecular complexity index is 267. The molecule has 0 spiro atoms.